The topological polar surface area (TPSA) is 32.3 Å². The molecule has 1 fully saturated rings. The minimum atomic E-state index is -0.0609. The smallest absolute Gasteiger partial charge is 0.0613 e. The maximum atomic E-state index is 9.74. The number of nitrogens with one attached hydrogen (secondary N) is 1. The van der Waals surface area contributed by atoms with Gasteiger partial charge in [-0.2, -0.15) is 11.8 Å². The second kappa shape index (κ2) is 9.32. The van der Waals surface area contributed by atoms with E-state index in [0.29, 0.717) is 6.04 Å². The van der Waals surface area contributed by atoms with E-state index in [0.717, 1.165) is 24.0 Å². The zero-order valence-electron chi connectivity index (χ0n) is 14.0. The molecule has 0 heterocycles. The van der Waals surface area contributed by atoms with E-state index in [4.69, 9.17) is 0 Å². The summed E-state index contributed by atoms with van der Waals surface area (Å²) in [7, 11) is 0. The third kappa shape index (κ3) is 6.36. The molecule has 0 aliphatic heterocycles. The molecular formula is C17H35NOS. The van der Waals surface area contributed by atoms with Crippen molar-refractivity contribution in [1.29, 1.82) is 0 Å². The van der Waals surface area contributed by atoms with Crippen molar-refractivity contribution in [1.82, 2.24) is 5.32 Å². The van der Waals surface area contributed by atoms with E-state index in [2.05, 4.69) is 44.8 Å². The van der Waals surface area contributed by atoms with Crippen LogP contribution in [-0.4, -0.2) is 34.3 Å². The Morgan fingerprint density at radius 3 is 2.65 bits per heavy atom. The molecule has 3 atom stereocenters. The molecule has 0 amide bonds. The summed E-state index contributed by atoms with van der Waals surface area (Å²) in [6.07, 6.45) is 8.98. The van der Waals surface area contributed by atoms with Gasteiger partial charge in [-0.15, -0.1) is 0 Å². The van der Waals surface area contributed by atoms with Crippen molar-refractivity contribution in [2.75, 3.05) is 12.4 Å². The lowest BCUT2D eigenvalue weighted by atomic mass is 9.90. The van der Waals surface area contributed by atoms with Crippen LogP contribution >= 0.6 is 11.8 Å². The molecule has 1 saturated carbocycles. The predicted molar refractivity (Wildman–Crippen MR) is 91.5 cm³/mol. The number of aliphatic hydroxyl groups excluding tert-OH is 1. The lowest BCUT2D eigenvalue weighted by molar-refractivity contribution is 0.137. The maximum Gasteiger partial charge on any atom is 0.0613 e. The molecule has 2 nitrogen and oxygen atoms in total. The van der Waals surface area contributed by atoms with Crippen LogP contribution in [0.4, 0.5) is 0 Å². The first kappa shape index (κ1) is 18.3. The largest absolute Gasteiger partial charge is 0.394 e. The first-order valence-corrected chi connectivity index (χ1v) is 9.56. The molecular weight excluding hydrogens is 266 g/mol. The van der Waals surface area contributed by atoms with Gasteiger partial charge >= 0.3 is 0 Å². The molecule has 3 heteroatoms. The zero-order valence-corrected chi connectivity index (χ0v) is 14.8. The van der Waals surface area contributed by atoms with Gasteiger partial charge in [0.1, 0.15) is 0 Å². The van der Waals surface area contributed by atoms with Crippen LogP contribution in [0.5, 0.6) is 0 Å². The van der Waals surface area contributed by atoms with Crippen LogP contribution in [0.3, 0.4) is 0 Å². The predicted octanol–water partition coefficient (Wildman–Crippen LogP) is 4.22. The molecule has 0 aromatic carbocycles. The van der Waals surface area contributed by atoms with Gasteiger partial charge < -0.3 is 10.4 Å². The van der Waals surface area contributed by atoms with E-state index >= 15 is 0 Å². The van der Waals surface area contributed by atoms with E-state index < -0.39 is 0 Å². The highest BCUT2D eigenvalue weighted by molar-refractivity contribution is 7.99. The Balaban J connectivity index is 2.26. The van der Waals surface area contributed by atoms with Gasteiger partial charge in [-0.3, -0.25) is 0 Å². The van der Waals surface area contributed by atoms with E-state index in [1.807, 2.05) is 0 Å². The first-order valence-electron chi connectivity index (χ1n) is 8.51. The molecule has 1 aliphatic carbocycles. The van der Waals surface area contributed by atoms with E-state index in [9.17, 15) is 5.11 Å². The number of aliphatic hydroxyl groups is 1. The van der Waals surface area contributed by atoms with Gasteiger partial charge in [0.05, 0.1) is 6.61 Å². The first-order chi connectivity index (χ1) is 9.51. The third-order valence-corrected chi connectivity index (χ3v) is 6.04. The van der Waals surface area contributed by atoms with E-state index in [1.54, 1.807) is 0 Å². The fourth-order valence-electron chi connectivity index (χ4n) is 3.39. The standard InChI is InChI=1S/C17H35NOS/c1-5-17(13-19,18-14(2)3)10-7-11-20-16-9-6-8-15(4)12-16/h14-16,18-19H,5-13H2,1-4H3. The molecule has 1 rings (SSSR count). The average Bonchev–Trinajstić information content (AvgIpc) is 2.42. The van der Waals surface area contributed by atoms with Crippen LogP contribution in [0.25, 0.3) is 0 Å². The van der Waals surface area contributed by atoms with E-state index in [-0.39, 0.29) is 12.1 Å². The highest BCUT2D eigenvalue weighted by Gasteiger charge is 2.27. The number of hydrogen-bond donors (Lipinski definition) is 2. The number of hydrogen-bond acceptors (Lipinski definition) is 3. The Morgan fingerprint density at radius 1 is 1.35 bits per heavy atom. The third-order valence-electron chi connectivity index (χ3n) is 4.62. The molecule has 20 heavy (non-hydrogen) atoms. The quantitative estimate of drug-likeness (QED) is 0.625. The van der Waals surface area contributed by atoms with E-state index in [1.165, 1.54) is 37.9 Å². The fraction of sp³-hybridized carbons (Fsp3) is 1.00. The highest BCUT2D eigenvalue weighted by Crippen LogP contribution is 2.32. The maximum absolute atomic E-state index is 9.74. The Bertz CT molecular complexity index is 253. The Morgan fingerprint density at radius 2 is 2.10 bits per heavy atom. The summed E-state index contributed by atoms with van der Waals surface area (Å²) in [4.78, 5) is 0. The SMILES string of the molecule is CCC(CO)(CCCSC1CCCC(C)C1)NC(C)C. The van der Waals surface area contributed by atoms with Gasteiger partial charge in [0.25, 0.3) is 0 Å². The van der Waals surface area contributed by atoms with Crippen molar-refractivity contribution in [2.45, 2.75) is 89.5 Å². The van der Waals surface area contributed by atoms with Crippen molar-refractivity contribution in [3.05, 3.63) is 0 Å². The van der Waals surface area contributed by atoms with Gasteiger partial charge in [-0.1, -0.05) is 40.5 Å². The lowest BCUT2D eigenvalue weighted by Crippen LogP contribution is -2.51. The van der Waals surface area contributed by atoms with Crippen molar-refractivity contribution in [3.63, 3.8) is 0 Å². The van der Waals surface area contributed by atoms with Crippen molar-refractivity contribution in [3.8, 4) is 0 Å². The van der Waals surface area contributed by atoms with Crippen molar-refractivity contribution in [2.24, 2.45) is 5.92 Å². The lowest BCUT2D eigenvalue weighted by Gasteiger charge is -2.34. The van der Waals surface area contributed by atoms with Crippen LogP contribution in [0, 0.1) is 5.92 Å². The zero-order chi connectivity index (χ0) is 15.0. The highest BCUT2D eigenvalue weighted by atomic mass is 32.2. The Labute approximate surface area is 130 Å². The molecule has 0 radical (unpaired) electrons. The molecule has 0 bridgehead atoms. The van der Waals surface area contributed by atoms with Gasteiger partial charge in [0.15, 0.2) is 0 Å². The second-order valence-corrected chi connectivity index (χ2v) is 8.37. The molecule has 2 N–H and O–H groups in total. The summed E-state index contributed by atoms with van der Waals surface area (Å²) in [6.45, 7) is 9.16. The van der Waals surface area contributed by atoms with Crippen LogP contribution in [0.15, 0.2) is 0 Å². The molecule has 0 spiro atoms. The van der Waals surface area contributed by atoms with Crippen molar-refractivity contribution >= 4 is 11.8 Å². The summed E-state index contributed by atoms with van der Waals surface area (Å²) in [5, 5.41) is 14.2. The summed E-state index contributed by atoms with van der Waals surface area (Å²) < 4.78 is 0. The monoisotopic (exact) mass is 301 g/mol. The van der Waals surface area contributed by atoms with Crippen molar-refractivity contribution < 1.29 is 5.11 Å². The molecule has 1 aliphatic rings. The molecule has 0 aromatic heterocycles. The molecule has 120 valence electrons. The Kier molecular flexibility index (Phi) is 8.54. The van der Waals surface area contributed by atoms with Crippen LogP contribution in [0.2, 0.25) is 0 Å². The second-order valence-electron chi connectivity index (χ2n) is 6.96. The summed E-state index contributed by atoms with van der Waals surface area (Å²) in [6, 6.07) is 0.439. The van der Waals surface area contributed by atoms with Crippen LogP contribution < -0.4 is 5.32 Å². The summed E-state index contributed by atoms with van der Waals surface area (Å²) in [5.41, 5.74) is -0.0609. The Hall–Kier alpha value is 0.270. The minimum absolute atomic E-state index is 0.0609. The molecule has 3 unspecified atom stereocenters. The van der Waals surface area contributed by atoms with Crippen LogP contribution in [-0.2, 0) is 0 Å². The fourth-order valence-corrected chi connectivity index (χ4v) is 4.83. The van der Waals surface area contributed by atoms with Gasteiger partial charge in [0.2, 0.25) is 0 Å². The summed E-state index contributed by atoms with van der Waals surface area (Å²) >= 11 is 2.17. The average molecular weight is 302 g/mol. The number of thioether (sulfide) groups is 1. The minimum Gasteiger partial charge on any atom is -0.394 e. The van der Waals surface area contributed by atoms with Gasteiger partial charge in [0, 0.05) is 16.8 Å². The van der Waals surface area contributed by atoms with Gasteiger partial charge in [-0.05, 0) is 43.8 Å². The number of rotatable bonds is 9. The normalized spacial score (nSPS) is 26.7. The molecule has 0 aromatic rings. The van der Waals surface area contributed by atoms with Gasteiger partial charge in [-0.25, -0.2) is 0 Å². The summed E-state index contributed by atoms with van der Waals surface area (Å²) in [5.74, 6) is 2.18. The molecule has 0 saturated heterocycles. The van der Waals surface area contributed by atoms with Crippen LogP contribution in [0.1, 0.15) is 72.6 Å².